The molecule has 0 saturated carbocycles. The smallest absolute Gasteiger partial charge is 0.244 e. The van der Waals surface area contributed by atoms with Gasteiger partial charge in [-0.25, -0.2) is 8.42 Å². The summed E-state index contributed by atoms with van der Waals surface area (Å²) in [6.07, 6.45) is 0.262. The molecule has 6 nitrogen and oxygen atoms in total. The molecule has 2 N–H and O–H groups in total. The van der Waals surface area contributed by atoms with Gasteiger partial charge in [0, 0.05) is 15.4 Å². The molecule has 2 rings (SSSR count). The molecule has 1 aliphatic heterocycles. The van der Waals surface area contributed by atoms with E-state index in [4.69, 9.17) is 0 Å². The Hall–Kier alpha value is -0.770. The number of benzene rings is 1. The first kappa shape index (κ1) is 15.6. The van der Waals surface area contributed by atoms with Crippen LogP contribution in [0.3, 0.4) is 0 Å². The van der Waals surface area contributed by atoms with Gasteiger partial charge in [-0.3, -0.25) is 14.9 Å². The first-order valence-corrected chi connectivity index (χ1v) is 8.67. The van der Waals surface area contributed by atoms with Crippen molar-refractivity contribution in [3.05, 3.63) is 27.1 Å². The number of imide groups is 1. The molecule has 1 fully saturated rings. The minimum Gasteiger partial charge on any atom is -0.295 e. The molecule has 20 heavy (non-hydrogen) atoms. The SMILES string of the molecule is O=C1CCC(NS(=O)(=O)c2ccc(Br)cc2Br)C(=O)N1. The summed E-state index contributed by atoms with van der Waals surface area (Å²) < 4.78 is 27.9. The minimum absolute atomic E-state index is 0.0328. The molecule has 1 atom stereocenters. The summed E-state index contributed by atoms with van der Waals surface area (Å²) in [6, 6.07) is 3.67. The lowest BCUT2D eigenvalue weighted by Crippen LogP contribution is -2.52. The Labute approximate surface area is 132 Å². The normalized spacial score (nSPS) is 19.8. The van der Waals surface area contributed by atoms with Gasteiger partial charge in [-0.05, 0) is 40.5 Å². The van der Waals surface area contributed by atoms with Crippen molar-refractivity contribution in [1.82, 2.24) is 10.0 Å². The molecule has 0 radical (unpaired) electrons. The molecule has 9 heteroatoms. The maximum Gasteiger partial charge on any atom is 0.244 e. The number of hydrogen-bond donors (Lipinski definition) is 2. The molecule has 0 aliphatic carbocycles. The van der Waals surface area contributed by atoms with E-state index in [9.17, 15) is 18.0 Å². The van der Waals surface area contributed by atoms with Crippen LogP contribution in [0.15, 0.2) is 32.0 Å². The van der Waals surface area contributed by atoms with Crippen LogP contribution in [-0.4, -0.2) is 26.3 Å². The van der Waals surface area contributed by atoms with Crippen LogP contribution in [0.1, 0.15) is 12.8 Å². The number of nitrogens with one attached hydrogen (secondary N) is 2. The van der Waals surface area contributed by atoms with E-state index in [1.807, 2.05) is 0 Å². The number of hydrogen-bond acceptors (Lipinski definition) is 4. The summed E-state index contributed by atoms with van der Waals surface area (Å²) in [5.41, 5.74) is 0. The van der Waals surface area contributed by atoms with Gasteiger partial charge in [-0.2, -0.15) is 4.72 Å². The number of amides is 2. The number of sulfonamides is 1. The molecule has 1 aliphatic rings. The van der Waals surface area contributed by atoms with E-state index in [2.05, 4.69) is 41.9 Å². The number of rotatable bonds is 3. The van der Waals surface area contributed by atoms with Crippen LogP contribution in [0.5, 0.6) is 0 Å². The predicted octanol–water partition coefficient (Wildman–Crippen LogP) is 1.30. The second-order valence-electron chi connectivity index (χ2n) is 4.20. The molecular formula is C11H10Br2N2O4S. The number of carbonyl (C=O) groups excluding carboxylic acids is 2. The Bertz CT molecular complexity index is 675. The van der Waals surface area contributed by atoms with E-state index in [-0.39, 0.29) is 17.7 Å². The maximum absolute atomic E-state index is 12.2. The highest BCUT2D eigenvalue weighted by atomic mass is 79.9. The zero-order chi connectivity index (χ0) is 14.9. The molecule has 1 saturated heterocycles. The Morgan fingerprint density at radius 1 is 1.25 bits per heavy atom. The second-order valence-corrected chi connectivity index (χ2v) is 7.65. The van der Waals surface area contributed by atoms with Crippen molar-refractivity contribution in [3.63, 3.8) is 0 Å². The van der Waals surface area contributed by atoms with Crippen molar-refractivity contribution in [3.8, 4) is 0 Å². The topological polar surface area (TPSA) is 92.3 Å². The van der Waals surface area contributed by atoms with Crippen LogP contribution in [-0.2, 0) is 19.6 Å². The lowest BCUT2D eigenvalue weighted by Gasteiger charge is -2.22. The molecular weight excluding hydrogens is 416 g/mol. The van der Waals surface area contributed by atoms with E-state index in [0.29, 0.717) is 4.47 Å². The van der Waals surface area contributed by atoms with Crippen LogP contribution in [0.25, 0.3) is 0 Å². The monoisotopic (exact) mass is 424 g/mol. The van der Waals surface area contributed by atoms with E-state index in [0.717, 1.165) is 4.47 Å². The van der Waals surface area contributed by atoms with E-state index >= 15 is 0 Å². The molecule has 108 valence electrons. The maximum atomic E-state index is 12.2. The first-order chi connectivity index (χ1) is 9.29. The molecule has 1 aromatic carbocycles. The standard InChI is InChI=1S/C11H10Br2N2O4S/c12-6-1-3-9(7(13)5-6)20(18,19)15-8-2-4-10(16)14-11(8)17/h1,3,5,8,15H,2,4H2,(H,14,16,17). The highest BCUT2D eigenvalue weighted by molar-refractivity contribution is 9.11. The highest BCUT2D eigenvalue weighted by Crippen LogP contribution is 2.26. The number of halogens is 2. The van der Waals surface area contributed by atoms with Gasteiger partial charge in [-0.15, -0.1) is 0 Å². The second kappa shape index (κ2) is 5.92. The fourth-order valence-corrected chi connectivity index (χ4v) is 4.73. The predicted molar refractivity (Wildman–Crippen MR) is 78.3 cm³/mol. The van der Waals surface area contributed by atoms with E-state index in [1.165, 1.54) is 6.07 Å². The Morgan fingerprint density at radius 2 is 1.95 bits per heavy atom. The lowest BCUT2D eigenvalue weighted by atomic mass is 10.1. The van der Waals surface area contributed by atoms with Gasteiger partial charge in [-0.1, -0.05) is 15.9 Å². The summed E-state index contributed by atoms with van der Waals surface area (Å²) in [7, 11) is -3.85. The van der Waals surface area contributed by atoms with Gasteiger partial charge < -0.3 is 0 Å². The fraction of sp³-hybridized carbons (Fsp3) is 0.273. The first-order valence-electron chi connectivity index (χ1n) is 5.60. The molecule has 1 aromatic rings. The Morgan fingerprint density at radius 3 is 2.55 bits per heavy atom. The van der Waals surface area contributed by atoms with Gasteiger partial charge in [0.05, 0.1) is 4.90 Å². The number of piperidine rings is 1. The van der Waals surface area contributed by atoms with E-state index < -0.39 is 27.9 Å². The van der Waals surface area contributed by atoms with Gasteiger partial charge in [0.1, 0.15) is 6.04 Å². The zero-order valence-electron chi connectivity index (χ0n) is 10.0. The van der Waals surface area contributed by atoms with E-state index in [1.54, 1.807) is 12.1 Å². The van der Waals surface area contributed by atoms with Gasteiger partial charge in [0.15, 0.2) is 0 Å². The highest BCUT2D eigenvalue weighted by Gasteiger charge is 2.31. The third-order valence-corrected chi connectivity index (χ3v) is 5.66. The summed E-state index contributed by atoms with van der Waals surface area (Å²) in [4.78, 5) is 22.6. The van der Waals surface area contributed by atoms with Crippen molar-refractivity contribution >= 4 is 53.7 Å². The van der Waals surface area contributed by atoms with Crippen molar-refractivity contribution in [2.45, 2.75) is 23.8 Å². The molecule has 0 aromatic heterocycles. The average Bonchev–Trinajstić information content (AvgIpc) is 2.32. The summed E-state index contributed by atoms with van der Waals surface area (Å²) in [6.45, 7) is 0. The largest absolute Gasteiger partial charge is 0.295 e. The van der Waals surface area contributed by atoms with Crippen LogP contribution in [0, 0.1) is 0 Å². The third kappa shape index (κ3) is 3.46. The van der Waals surface area contributed by atoms with Gasteiger partial charge in [0.2, 0.25) is 21.8 Å². The summed E-state index contributed by atoms with van der Waals surface area (Å²) in [5, 5.41) is 2.10. The van der Waals surface area contributed by atoms with Crippen LogP contribution in [0.2, 0.25) is 0 Å². The molecule has 0 spiro atoms. The quantitative estimate of drug-likeness (QED) is 0.713. The average molecular weight is 426 g/mol. The van der Waals surface area contributed by atoms with Crippen molar-refractivity contribution in [1.29, 1.82) is 0 Å². The summed E-state index contributed by atoms with van der Waals surface area (Å²) >= 11 is 6.40. The molecule has 1 unspecified atom stereocenters. The van der Waals surface area contributed by atoms with Crippen LogP contribution in [0.4, 0.5) is 0 Å². The lowest BCUT2D eigenvalue weighted by molar-refractivity contribution is -0.134. The van der Waals surface area contributed by atoms with Crippen LogP contribution >= 0.6 is 31.9 Å². The van der Waals surface area contributed by atoms with Gasteiger partial charge in [0.25, 0.3) is 0 Å². The molecule has 0 bridgehead atoms. The molecule has 1 heterocycles. The molecule has 2 amide bonds. The minimum atomic E-state index is -3.85. The van der Waals surface area contributed by atoms with Crippen molar-refractivity contribution in [2.75, 3.05) is 0 Å². The van der Waals surface area contributed by atoms with Crippen LogP contribution < -0.4 is 10.0 Å². The summed E-state index contributed by atoms with van der Waals surface area (Å²) in [5.74, 6) is -1.02. The Balaban J connectivity index is 2.23. The third-order valence-electron chi connectivity index (χ3n) is 2.72. The van der Waals surface area contributed by atoms with Gasteiger partial charge >= 0.3 is 0 Å². The van der Waals surface area contributed by atoms with Crippen molar-refractivity contribution in [2.24, 2.45) is 0 Å². The number of carbonyl (C=O) groups is 2. The van der Waals surface area contributed by atoms with Crippen molar-refractivity contribution < 1.29 is 18.0 Å². The zero-order valence-corrected chi connectivity index (χ0v) is 14.0. The Kier molecular flexibility index (Phi) is 4.62. The fourth-order valence-electron chi connectivity index (χ4n) is 1.75.